The Kier molecular flexibility index (Phi) is 5.86. The smallest absolute Gasteiger partial charge is 0.0556 e. The average molecular weight is 177 g/mol. The molecule has 0 aromatic carbocycles. The van der Waals surface area contributed by atoms with Crippen molar-refractivity contribution in [2.45, 2.75) is 27.7 Å². The Bertz CT molecular complexity index is 242. The van der Waals surface area contributed by atoms with Crippen molar-refractivity contribution in [3.8, 4) is 0 Å². The van der Waals surface area contributed by atoms with Crippen LogP contribution < -0.4 is 0 Å². The molecular formula is C12H19N. The molecule has 0 aliphatic carbocycles. The van der Waals surface area contributed by atoms with Crippen LogP contribution in [-0.2, 0) is 0 Å². The fraction of sp³-hybridized carbons (Fsp3) is 0.417. The van der Waals surface area contributed by atoms with Gasteiger partial charge >= 0.3 is 0 Å². The molecule has 0 aromatic rings. The van der Waals surface area contributed by atoms with Gasteiger partial charge in [0, 0.05) is 6.21 Å². The fourth-order valence-electron chi connectivity index (χ4n) is 0.856. The Labute approximate surface area is 81.6 Å². The zero-order valence-electron chi connectivity index (χ0n) is 9.04. The second-order valence-electron chi connectivity index (χ2n) is 3.40. The third-order valence-electron chi connectivity index (χ3n) is 1.36. The lowest BCUT2D eigenvalue weighted by molar-refractivity contribution is 0.905. The molecule has 0 bridgehead atoms. The van der Waals surface area contributed by atoms with Gasteiger partial charge in [0.25, 0.3) is 0 Å². The third-order valence-corrected chi connectivity index (χ3v) is 1.36. The molecule has 0 aliphatic heterocycles. The first-order valence-electron chi connectivity index (χ1n) is 4.60. The highest BCUT2D eigenvalue weighted by molar-refractivity contribution is 5.61. The van der Waals surface area contributed by atoms with E-state index in [1.807, 2.05) is 38.3 Å². The van der Waals surface area contributed by atoms with Gasteiger partial charge in [0.15, 0.2) is 0 Å². The Morgan fingerprint density at radius 1 is 1.38 bits per heavy atom. The molecule has 0 N–H and O–H groups in total. The molecule has 0 rings (SSSR count). The van der Waals surface area contributed by atoms with E-state index in [9.17, 15) is 0 Å². The fourth-order valence-corrected chi connectivity index (χ4v) is 0.856. The van der Waals surface area contributed by atoms with E-state index in [2.05, 4.69) is 25.4 Å². The normalized spacial score (nSPS) is 13.5. The Morgan fingerprint density at radius 2 is 2.00 bits per heavy atom. The van der Waals surface area contributed by atoms with Gasteiger partial charge in [-0.15, -0.1) is 0 Å². The maximum absolute atomic E-state index is 4.22. The number of allylic oxidation sites excluding steroid dienone is 4. The van der Waals surface area contributed by atoms with Gasteiger partial charge in [-0.25, -0.2) is 0 Å². The first kappa shape index (κ1) is 11.9. The average Bonchev–Trinajstić information content (AvgIpc) is 2.01. The first-order valence-corrected chi connectivity index (χ1v) is 4.60. The second kappa shape index (κ2) is 6.41. The van der Waals surface area contributed by atoms with Crippen LogP contribution in [0.3, 0.4) is 0 Å². The van der Waals surface area contributed by atoms with Crippen LogP contribution in [0.15, 0.2) is 41.1 Å². The van der Waals surface area contributed by atoms with Gasteiger partial charge in [-0.2, -0.15) is 0 Å². The molecule has 1 heteroatoms. The molecule has 0 aromatic heterocycles. The molecule has 0 saturated heterocycles. The van der Waals surface area contributed by atoms with E-state index in [0.717, 1.165) is 5.70 Å². The minimum absolute atomic E-state index is 0.479. The maximum Gasteiger partial charge on any atom is 0.0556 e. The number of hydrogen-bond donors (Lipinski definition) is 0. The van der Waals surface area contributed by atoms with Crippen molar-refractivity contribution in [3.63, 3.8) is 0 Å². The third kappa shape index (κ3) is 7.26. The molecule has 0 unspecified atom stereocenters. The van der Waals surface area contributed by atoms with E-state index in [1.165, 1.54) is 5.57 Å². The molecule has 1 nitrogen and oxygen atoms in total. The summed E-state index contributed by atoms with van der Waals surface area (Å²) in [4.78, 5) is 4.22. The summed E-state index contributed by atoms with van der Waals surface area (Å²) in [6.45, 7) is 12.1. The highest BCUT2D eigenvalue weighted by Gasteiger charge is 1.87. The highest BCUT2D eigenvalue weighted by atomic mass is 14.7. The molecule has 0 amide bonds. The van der Waals surface area contributed by atoms with Crippen molar-refractivity contribution >= 4 is 6.21 Å². The molecule has 0 heterocycles. The van der Waals surface area contributed by atoms with Crippen molar-refractivity contribution in [3.05, 3.63) is 36.1 Å². The van der Waals surface area contributed by atoms with E-state index in [0.29, 0.717) is 5.92 Å². The van der Waals surface area contributed by atoms with Gasteiger partial charge in [-0.3, -0.25) is 4.99 Å². The predicted octanol–water partition coefficient (Wildman–Crippen LogP) is 3.75. The summed E-state index contributed by atoms with van der Waals surface area (Å²) in [6, 6.07) is 0. The topological polar surface area (TPSA) is 12.4 Å². The van der Waals surface area contributed by atoms with E-state index < -0.39 is 0 Å². The molecule has 0 spiro atoms. The number of nitrogens with zero attached hydrogens (tertiary/aromatic N) is 1. The van der Waals surface area contributed by atoms with E-state index in [1.54, 1.807) is 0 Å². The van der Waals surface area contributed by atoms with Crippen LogP contribution >= 0.6 is 0 Å². The summed E-state index contributed by atoms with van der Waals surface area (Å²) >= 11 is 0. The largest absolute Gasteiger partial charge is 0.262 e. The van der Waals surface area contributed by atoms with Crippen molar-refractivity contribution in [1.82, 2.24) is 0 Å². The standard InChI is InChI=1S/C12H19N/c1-6-7-11(4)8-12(5)13-9-10(2)3/h6-10H,5H2,1-4H3/b7-6?,11-8-,13-9?. The lowest BCUT2D eigenvalue weighted by atomic mass is 10.2. The van der Waals surface area contributed by atoms with Crippen molar-refractivity contribution in [2.24, 2.45) is 10.9 Å². The van der Waals surface area contributed by atoms with E-state index in [-0.39, 0.29) is 0 Å². The lowest BCUT2D eigenvalue weighted by Crippen LogP contribution is -1.86. The van der Waals surface area contributed by atoms with Gasteiger partial charge in [0.1, 0.15) is 0 Å². The summed E-state index contributed by atoms with van der Waals surface area (Å²) in [7, 11) is 0. The minimum atomic E-state index is 0.479. The molecule has 0 atom stereocenters. The first-order chi connectivity index (χ1) is 6.06. The summed E-state index contributed by atoms with van der Waals surface area (Å²) in [5.74, 6) is 0.479. The quantitative estimate of drug-likeness (QED) is 0.458. The monoisotopic (exact) mass is 177 g/mol. The van der Waals surface area contributed by atoms with Crippen LogP contribution in [0, 0.1) is 5.92 Å². The SMILES string of the molecule is C=C(/C=C(/C)C=CC)N=CC(C)C. The van der Waals surface area contributed by atoms with Gasteiger partial charge in [-0.1, -0.05) is 32.6 Å². The Hall–Kier alpha value is -1.11. The number of aliphatic imine (C=N–C) groups is 1. The molecule has 0 saturated carbocycles. The summed E-state index contributed by atoms with van der Waals surface area (Å²) in [5.41, 5.74) is 1.98. The lowest BCUT2D eigenvalue weighted by Gasteiger charge is -1.95. The molecule has 13 heavy (non-hydrogen) atoms. The molecule has 0 radical (unpaired) electrons. The van der Waals surface area contributed by atoms with Crippen molar-refractivity contribution < 1.29 is 0 Å². The second-order valence-corrected chi connectivity index (χ2v) is 3.40. The number of rotatable bonds is 4. The Balaban J connectivity index is 4.22. The number of hydrogen-bond acceptors (Lipinski definition) is 1. The summed E-state index contributed by atoms with van der Waals surface area (Å²) in [6.07, 6.45) is 7.92. The van der Waals surface area contributed by atoms with E-state index >= 15 is 0 Å². The van der Waals surface area contributed by atoms with Crippen LogP contribution in [0.2, 0.25) is 0 Å². The van der Waals surface area contributed by atoms with Crippen LogP contribution in [0.1, 0.15) is 27.7 Å². The molecule has 0 fully saturated rings. The van der Waals surface area contributed by atoms with Gasteiger partial charge in [0.05, 0.1) is 5.70 Å². The zero-order chi connectivity index (χ0) is 10.3. The highest BCUT2D eigenvalue weighted by Crippen LogP contribution is 2.03. The van der Waals surface area contributed by atoms with Crippen LogP contribution in [0.25, 0.3) is 0 Å². The maximum atomic E-state index is 4.22. The Morgan fingerprint density at radius 3 is 2.46 bits per heavy atom. The van der Waals surface area contributed by atoms with Crippen LogP contribution in [0.4, 0.5) is 0 Å². The van der Waals surface area contributed by atoms with Crippen molar-refractivity contribution in [2.75, 3.05) is 0 Å². The summed E-state index contributed by atoms with van der Waals surface area (Å²) in [5, 5.41) is 0. The predicted molar refractivity (Wildman–Crippen MR) is 61.0 cm³/mol. The molecular weight excluding hydrogens is 158 g/mol. The zero-order valence-corrected chi connectivity index (χ0v) is 9.04. The van der Waals surface area contributed by atoms with E-state index in [4.69, 9.17) is 0 Å². The molecule has 72 valence electrons. The minimum Gasteiger partial charge on any atom is -0.262 e. The van der Waals surface area contributed by atoms with Crippen LogP contribution in [-0.4, -0.2) is 6.21 Å². The summed E-state index contributed by atoms with van der Waals surface area (Å²) < 4.78 is 0. The van der Waals surface area contributed by atoms with Gasteiger partial charge in [0.2, 0.25) is 0 Å². The van der Waals surface area contributed by atoms with Crippen molar-refractivity contribution in [1.29, 1.82) is 0 Å². The van der Waals surface area contributed by atoms with Gasteiger partial charge < -0.3 is 0 Å². The molecule has 0 aliphatic rings. The van der Waals surface area contributed by atoms with Crippen LogP contribution in [0.5, 0.6) is 0 Å². The van der Waals surface area contributed by atoms with Gasteiger partial charge in [-0.05, 0) is 31.4 Å².